The number of H-pyrrole nitrogens is 1. The number of benzene rings is 2. The van der Waals surface area contributed by atoms with Gasteiger partial charge in [0.2, 0.25) is 0 Å². The molecule has 1 aliphatic rings. The van der Waals surface area contributed by atoms with E-state index in [-0.39, 0.29) is 5.91 Å². The monoisotopic (exact) mass is 333 g/mol. The van der Waals surface area contributed by atoms with E-state index in [1.54, 1.807) is 13.2 Å². The zero-order valence-electron chi connectivity index (χ0n) is 14.0. The molecule has 25 heavy (non-hydrogen) atoms. The third kappa shape index (κ3) is 3.13. The summed E-state index contributed by atoms with van der Waals surface area (Å²) in [5.74, 6) is 0.456. The summed E-state index contributed by atoms with van der Waals surface area (Å²) in [7, 11) is 1.58. The number of aromatic nitrogens is 2. The Morgan fingerprint density at radius 1 is 1.20 bits per heavy atom. The summed E-state index contributed by atoms with van der Waals surface area (Å²) in [4.78, 5) is 12.5. The maximum atomic E-state index is 12.5. The second-order valence-electron chi connectivity index (χ2n) is 6.17. The molecule has 0 spiro atoms. The molecule has 1 saturated carbocycles. The fraction of sp³-hybridized carbons (Fsp3) is 0.200. The number of hydrogen-bond acceptors (Lipinski definition) is 3. The standard InChI is InChI=1S/C20H19N3O2/c1-25-19-15(20(24)21-14-8-9-14)10-12-17-18(19)16(22-23-17)11-7-13-5-3-2-4-6-13/h2-7,10-12,14H,8-9H2,1H3,(H,21,24)(H,22,23). The molecule has 0 atom stereocenters. The molecule has 2 aromatic carbocycles. The lowest BCUT2D eigenvalue weighted by atomic mass is 10.1. The van der Waals surface area contributed by atoms with Crippen molar-refractivity contribution in [2.45, 2.75) is 18.9 Å². The van der Waals surface area contributed by atoms with E-state index in [1.807, 2.05) is 48.6 Å². The molecule has 4 rings (SSSR count). The Labute approximate surface area is 145 Å². The van der Waals surface area contributed by atoms with Gasteiger partial charge in [-0.25, -0.2) is 0 Å². The molecule has 5 nitrogen and oxygen atoms in total. The summed E-state index contributed by atoms with van der Waals surface area (Å²) in [6.45, 7) is 0. The van der Waals surface area contributed by atoms with Gasteiger partial charge in [0.15, 0.2) is 0 Å². The molecule has 0 aliphatic heterocycles. The third-order valence-corrected chi connectivity index (χ3v) is 4.31. The Balaban J connectivity index is 1.75. The summed E-state index contributed by atoms with van der Waals surface area (Å²) in [5.41, 5.74) is 3.22. The Morgan fingerprint density at radius 2 is 2.00 bits per heavy atom. The van der Waals surface area contributed by atoms with Crippen molar-refractivity contribution in [1.29, 1.82) is 0 Å². The molecule has 1 fully saturated rings. The number of carbonyl (C=O) groups excluding carboxylic acids is 1. The molecule has 2 N–H and O–H groups in total. The molecule has 126 valence electrons. The van der Waals surface area contributed by atoms with Crippen molar-refractivity contribution >= 4 is 29.0 Å². The van der Waals surface area contributed by atoms with Crippen LogP contribution in [0.3, 0.4) is 0 Å². The van der Waals surface area contributed by atoms with Crippen LogP contribution >= 0.6 is 0 Å². The van der Waals surface area contributed by atoms with Gasteiger partial charge >= 0.3 is 0 Å². The van der Waals surface area contributed by atoms with Crippen LogP contribution in [-0.4, -0.2) is 29.3 Å². The largest absolute Gasteiger partial charge is 0.495 e. The Morgan fingerprint density at radius 3 is 2.72 bits per heavy atom. The van der Waals surface area contributed by atoms with Crippen molar-refractivity contribution < 1.29 is 9.53 Å². The first-order valence-electron chi connectivity index (χ1n) is 8.35. The number of methoxy groups -OCH3 is 1. The molecular formula is C20H19N3O2. The highest BCUT2D eigenvalue weighted by molar-refractivity contribution is 6.05. The normalized spacial score (nSPS) is 14.1. The van der Waals surface area contributed by atoms with Gasteiger partial charge in [-0.05, 0) is 36.6 Å². The highest BCUT2D eigenvalue weighted by Gasteiger charge is 2.26. The van der Waals surface area contributed by atoms with Crippen LogP contribution in [0.1, 0.15) is 34.5 Å². The fourth-order valence-corrected chi connectivity index (χ4v) is 2.85. The number of ether oxygens (including phenoxy) is 1. The predicted molar refractivity (Wildman–Crippen MR) is 98.5 cm³/mol. The van der Waals surface area contributed by atoms with E-state index in [9.17, 15) is 4.79 Å². The van der Waals surface area contributed by atoms with E-state index >= 15 is 0 Å². The van der Waals surface area contributed by atoms with Gasteiger partial charge in [0.25, 0.3) is 5.91 Å². The maximum absolute atomic E-state index is 12.5. The van der Waals surface area contributed by atoms with Crippen LogP contribution in [0.5, 0.6) is 5.75 Å². The van der Waals surface area contributed by atoms with E-state index in [0.29, 0.717) is 17.4 Å². The first-order valence-corrected chi connectivity index (χ1v) is 8.35. The van der Waals surface area contributed by atoms with Gasteiger partial charge in [0.05, 0.1) is 29.3 Å². The molecule has 3 aromatic rings. The number of hydrogen-bond donors (Lipinski definition) is 2. The van der Waals surface area contributed by atoms with Crippen molar-refractivity contribution in [3.63, 3.8) is 0 Å². The minimum absolute atomic E-state index is 0.0968. The van der Waals surface area contributed by atoms with Crippen molar-refractivity contribution in [3.8, 4) is 5.75 Å². The number of rotatable bonds is 5. The summed E-state index contributed by atoms with van der Waals surface area (Å²) >= 11 is 0. The van der Waals surface area contributed by atoms with E-state index in [2.05, 4.69) is 15.5 Å². The van der Waals surface area contributed by atoms with Crippen LogP contribution in [0.2, 0.25) is 0 Å². The fourth-order valence-electron chi connectivity index (χ4n) is 2.85. The second kappa shape index (κ2) is 6.43. The molecule has 5 heteroatoms. The van der Waals surface area contributed by atoms with Crippen molar-refractivity contribution in [2.24, 2.45) is 0 Å². The molecule has 0 radical (unpaired) electrons. The molecule has 0 saturated heterocycles. The van der Waals surface area contributed by atoms with Gasteiger partial charge < -0.3 is 10.1 Å². The lowest BCUT2D eigenvalue weighted by molar-refractivity contribution is 0.0948. The Kier molecular flexibility index (Phi) is 3.98. The lowest BCUT2D eigenvalue weighted by Gasteiger charge is -2.10. The Bertz CT molecular complexity index is 940. The van der Waals surface area contributed by atoms with Gasteiger partial charge in [-0.15, -0.1) is 0 Å². The minimum Gasteiger partial charge on any atom is -0.495 e. The number of amides is 1. The van der Waals surface area contributed by atoms with Crippen molar-refractivity contribution in [2.75, 3.05) is 7.11 Å². The van der Waals surface area contributed by atoms with Gasteiger partial charge in [-0.1, -0.05) is 36.4 Å². The van der Waals surface area contributed by atoms with Gasteiger partial charge in [-0.3, -0.25) is 9.89 Å². The average molecular weight is 333 g/mol. The Hall–Kier alpha value is -3.08. The van der Waals surface area contributed by atoms with E-state index in [4.69, 9.17) is 4.74 Å². The summed E-state index contributed by atoms with van der Waals surface area (Å²) in [6.07, 6.45) is 6.05. The second-order valence-corrected chi connectivity index (χ2v) is 6.17. The molecule has 0 bridgehead atoms. The zero-order chi connectivity index (χ0) is 17.2. The first-order chi connectivity index (χ1) is 12.3. The molecule has 1 amide bonds. The van der Waals surface area contributed by atoms with Crippen molar-refractivity contribution in [3.05, 3.63) is 59.3 Å². The van der Waals surface area contributed by atoms with E-state index in [1.165, 1.54) is 0 Å². The topological polar surface area (TPSA) is 67.0 Å². The third-order valence-electron chi connectivity index (χ3n) is 4.31. The van der Waals surface area contributed by atoms with Crippen molar-refractivity contribution in [1.82, 2.24) is 15.5 Å². The molecule has 1 heterocycles. The highest BCUT2D eigenvalue weighted by atomic mass is 16.5. The van der Waals surface area contributed by atoms with Crippen LogP contribution in [0.25, 0.3) is 23.1 Å². The maximum Gasteiger partial charge on any atom is 0.255 e. The smallest absolute Gasteiger partial charge is 0.255 e. The van der Waals surface area contributed by atoms with Gasteiger partial charge in [0.1, 0.15) is 5.75 Å². The van der Waals surface area contributed by atoms with Crippen LogP contribution in [0.15, 0.2) is 42.5 Å². The van der Waals surface area contributed by atoms with Crippen LogP contribution in [0.4, 0.5) is 0 Å². The SMILES string of the molecule is COc1c(C(=O)NC2CC2)ccc2n[nH]c(C=Cc3ccccc3)c12. The minimum atomic E-state index is -0.0968. The average Bonchev–Trinajstić information content (AvgIpc) is 3.36. The predicted octanol–water partition coefficient (Wildman–Crippen LogP) is 3.63. The summed E-state index contributed by atoms with van der Waals surface area (Å²) < 4.78 is 5.58. The van der Waals surface area contributed by atoms with E-state index in [0.717, 1.165) is 35.0 Å². The number of fused-ring (bicyclic) bond motifs is 1. The van der Waals surface area contributed by atoms with E-state index < -0.39 is 0 Å². The lowest BCUT2D eigenvalue weighted by Crippen LogP contribution is -2.25. The highest BCUT2D eigenvalue weighted by Crippen LogP contribution is 2.33. The molecule has 1 aromatic heterocycles. The summed E-state index contributed by atoms with van der Waals surface area (Å²) in [5, 5.41) is 11.2. The first kappa shape index (κ1) is 15.4. The number of carbonyl (C=O) groups is 1. The molecule has 0 unspecified atom stereocenters. The van der Waals surface area contributed by atoms with Crippen LogP contribution in [-0.2, 0) is 0 Å². The quantitative estimate of drug-likeness (QED) is 0.749. The summed E-state index contributed by atoms with van der Waals surface area (Å²) in [6, 6.07) is 13.9. The van der Waals surface area contributed by atoms with Crippen LogP contribution in [0, 0.1) is 0 Å². The number of nitrogens with zero attached hydrogens (tertiary/aromatic N) is 1. The number of aromatic amines is 1. The molecule has 1 aliphatic carbocycles. The van der Waals surface area contributed by atoms with Gasteiger partial charge in [0, 0.05) is 6.04 Å². The van der Waals surface area contributed by atoms with Crippen LogP contribution < -0.4 is 10.1 Å². The molecular weight excluding hydrogens is 314 g/mol. The van der Waals surface area contributed by atoms with Gasteiger partial charge in [-0.2, -0.15) is 5.10 Å². The zero-order valence-corrected chi connectivity index (χ0v) is 14.0. The number of nitrogens with one attached hydrogen (secondary N) is 2.